The minimum Gasteiger partial charge on any atom is -0.497 e. The average molecular weight is 1530 g/mol. The maximum absolute atomic E-state index is 13.7. The monoisotopic (exact) mass is 1530 g/mol. The number of aliphatic hydroxyl groups is 1. The fraction of sp³-hybridized carbons (Fsp3) is 0.315. The van der Waals surface area contributed by atoms with E-state index in [9.17, 15) is 77.0 Å². The van der Waals surface area contributed by atoms with Gasteiger partial charge in [-0.3, -0.25) is 24.2 Å². The minimum atomic E-state index is -4.76. The lowest BCUT2D eigenvalue weighted by molar-refractivity contribution is -0.139. The maximum Gasteiger partial charge on any atom is 0.418 e. The molecule has 1 fully saturated rings. The van der Waals surface area contributed by atoms with Crippen molar-refractivity contribution < 1.29 is 97.9 Å². The molecule has 0 saturated carbocycles. The summed E-state index contributed by atoms with van der Waals surface area (Å²) in [5, 5.41) is 18.5. The number of anilines is 6. The Morgan fingerprint density at radius 3 is 1.48 bits per heavy atom. The van der Waals surface area contributed by atoms with E-state index >= 15 is 0 Å². The van der Waals surface area contributed by atoms with Gasteiger partial charge in [0, 0.05) is 85.7 Å². The van der Waals surface area contributed by atoms with Gasteiger partial charge in [0.1, 0.15) is 70.0 Å². The van der Waals surface area contributed by atoms with E-state index < -0.39 is 98.9 Å². The summed E-state index contributed by atoms with van der Waals surface area (Å²) in [6, 6.07) is 25.9. The Morgan fingerprint density at radius 1 is 0.583 bits per heavy atom. The highest BCUT2D eigenvalue weighted by Gasteiger charge is 2.41. The molecule has 2 unspecified atom stereocenters. The minimum absolute atomic E-state index is 0. The first kappa shape index (κ1) is 83.8. The van der Waals surface area contributed by atoms with Gasteiger partial charge in [0.25, 0.3) is 0 Å². The highest BCUT2D eigenvalue weighted by atomic mass is 19.4. The number of aliphatic hydroxyl groups excluding tert-OH is 1. The summed E-state index contributed by atoms with van der Waals surface area (Å²) >= 11 is 0. The van der Waals surface area contributed by atoms with E-state index in [1.54, 1.807) is 14.0 Å². The summed E-state index contributed by atoms with van der Waals surface area (Å²) in [4.78, 5) is 83.4. The van der Waals surface area contributed by atoms with Gasteiger partial charge in [-0.1, -0.05) is 46.8 Å². The first-order valence-corrected chi connectivity index (χ1v) is 33.0. The van der Waals surface area contributed by atoms with Crippen LogP contribution >= 0.6 is 0 Å². The predicted octanol–water partition coefficient (Wildman–Crippen LogP) is 14.7. The Kier molecular flexibility index (Phi) is 28.5. The van der Waals surface area contributed by atoms with Crippen LogP contribution < -0.4 is 53.3 Å². The van der Waals surface area contributed by atoms with Gasteiger partial charge in [-0.15, -0.1) is 0 Å². The van der Waals surface area contributed by atoms with Crippen molar-refractivity contribution in [2.24, 2.45) is 17.6 Å². The quantitative estimate of drug-likeness (QED) is 0.0231. The number of hydrogen-bond donors (Lipinski definition) is 8. The molecule has 3 atom stereocenters. The normalized spacial score (nSPS) is 13.7. The van der Waals surface area contributed by atoms with Crippen molar-refractivity contribution in [3.05, 3.63) is 225 Å². The summed E-state index contributed by atoms with van der Waals surface area (Å²) in [5.41, 5.74) is 16.2. The smallest absolute Gasteiger partial charge is 0.418 e. The summed E-state index contributed by atoms with van der Waals surface area (Å²) in [6.45, 7) is 12.9. The first-order chi connectivity index (χ1) is 50.9. The fourth-order valence-electron chi connectivity index (χ4n) is 10.2. The Balaban J connectivity index is 0. The molecule has 1 saturated heterocycles. The van der Waals surface area contributed by atoms with E-state index in [0.29, 0.717) is 37.7 Å². The van der Waals surface area contributed by atoms with Crippen LogP contribution in [0.25, 0.3) is 0 Å². The van der Waals surface area contributed by atoms with Crippen molar-refractivity contribution in [3.8, 4) is 11.6 Å². The lowest BCUT2D eigenvalue weighted by atomic mass is 10.0. The van der Waals surface area contributed by atoms with Gasteiger partial charge in [-0.25, -0.2) is 34.9 Å². The molecule has 35 heteroatoms. The number of hydrogen-bond acceptors (Lipinski definition) is 23. The number of carbonyl (C=O) groups excluding carboxylic acids is 4. The second-order valence-electron chi connectivity index (χ2n) is 24.6. The molecule has 0 aliphatic carbocycles. The van der Waals surface area contributed by atoms with Crippen LogP contribution in [0.15, 0.2) is 146 Å². The van der Waals surface area contributed by atoms with E-state index in [1.807, 2.05) is 63.8 Å². The van der Waals surface area contributed by atoms with Crippen molar-refractivity contribution in [3.63, 3.8) is 0 Å². The number of alkyl halides is 12. The van der Waals surface area contributed by atoms with Gasteiger partial charge in [0.2, 0.25) is 29.0 Å². The van der Waals surface area contributed by atoms with Gasteiger partial charge in [-0.05, 0) is 134 Å². The van der Waals surface area contributed by atoms with Crippen LogP contribution in [0.5, 0.6) is 11.6 Å². The van der Waals surface area contributed by atoms with Gasteiger partial charge in [-0.2, -0.15) is 52.7 Å². The van der Waals surface area contributed by atoms with Gasteiger partial charge in [0.15, 0.2) is 0 Å². The van der Waals surface area contributed by atoms with Crippen LogP contribution in [0.3, 0.4) is 0 Å². The van der Waals surface area contributed by atoms with Crippen LogP contribution in [-0.2, 0) is 24.7 Å². The second-order valence-corrected chi connectivity index (χ2v) is 24.6. The van der Waals surface area contributed by atoms with Crippen molar-refractivity contribution in [1.29, 1.82) is 0 Å². The largest absolute Gasteiger partial charge is 0.497 e. The molecule has 1 aliphatic rings. The summed E-state index contributed by atoms with van der Waals surface area (Å²) in [6.07, 6.45) is -12.7. The number of halogens is 12. The number of nitrogens with two attached hydrogens (primary N) is 4. The first-order valence-electron chi connectivity index (χ1n) is 33.0. The summed E-state index contributed by atoms with van der Waals surface area (Å²) < 4.78 is 171. The number of benzene rings is 1. The Bertz CT molecular complexity index is 4650. The van der Waals surface area contributed by atoms with Gasteiger partial charge in [0.05, 0.1) is 64.7 Å². The molecule has 0 radical (unpaired) electrons. The number of nitrogens with zero attached hydrogens (tertiary/aromatic N) is 9. The molecule has 0 spiro atoms. The highest BCUT2D eigenvalue weighted by molar-refractivity contribution is 6.13. The van der Waals surface area contributed by atoms with Crippen molar-refractivity contribution in [1.82, 2.24) is 45.2 Å². The molecular weight excluding hydrogens is 1440 g/mol. The van der Waals surface area contributed by atoms with Crippen molar-refractivity contribution >= 4 is 58.0 Å². The number of aryl methyl sites for hydroxylation is 1. The molecule has 0 bridgehead atoms. The number of methoxy groups -OCH3 is 1. The molecule has 9 heterocycles. The molecule has 12 N–H and O–H groups in total. The number of nitrogen functional groups attached to an aromatic ring is 3. The number of ether oxygens (including phenoxy) is 2. The summed E-state index contributed by atoms with van der Waals surface area (Å²) in [7, 11) is 1.59. The molecule has 108 heavy (non-hydrogen) atoms. The molecule has 9 aromatic rings. The zero-order valence-corrected chi connectivity index (χ0v) is 59.0. The molecule has 8 aromatic heterocycles. The number of pyridine rings is 8. The predicted molar refractivity (Wildman–Crippen MR) is 395 cm³/mol. The van der Waals surface area contributed by atoms with E-state index in [-0.39, 0.29) is 106 Å². The molecular formula is C73H92F12N16O7. The molecule has 0 amide bonds. The fourth-order valence-corrected chi connectivity index (χ4v) is 10.2. The van der Waals surface area contributed by atoms with Crippen LogP contribution in [0.1, 0.15) is 156 Å². The number of ketones is 4. The SMILES string of the molecule is CC(C)C(CO)Nc1ccc(C(F)(F)F)c(C(=O)c2cccnc2N)n1.CC(C)[C@H](N)COc1ccc(C(F)(F)F)c(C(=O)c2cccnc2N)n1.CCCNc1ccc(C(F)(F)F)c(C(=O)c2cccnc2N)n1.COc1cccc(C2CN(c3ccc(C(F)(F)F)c(C(=O)c4cccnc4C)n3)CCN2)c1.[HH].[HH].[HH].[HH].[HH].[HH].[HH].[HH]. The van der Waals surface area contributed by atoms with Gasteiger partial charge < -0.3 is 58.4 Å². The van der Waals surface area contributed by atoms with Crippen LogP contribution in [-0.4, -0.2) is 127 Å². The third kappa shape index (κ3) is 22.1. The number of rotatable bonds is 22. The maximum atomic E-state index is 13.7. The Labute approximate surface area is 623 Å². The standard InChI is InChI=1S/C24H23F3N4O2.2C17H19F3N4O2.C15H15F3N4O.8H2/c1-15-18(7-4-10-28-15)23(32)22-19(24(25,26)27)8-9-21(30-22)31-12-11-29-20(14-31)16-5-3-6-17(13-16)33-2;1-9(2)12(8-25)23-13-6-5-11(17(18,19)20)14(24-13)15(26)10-4-3-7-22-16(10)21;1-9(2)12(21)8-26-13-6-5-11(17(18,19)20)14(24-13)15(25)10-4-3-7-23-16(10)22;1-2-7-20-11-6-5-10(15(16,17)18)12(22-11)13(23)9-4-3-8-21-14(9)19;;;;;;;;/h3-10,13,20,29H,11-12,14H2,1-2H3;3-7,9,12,25H,8H2,1-2H3,(H2,21,22)(H,23,24);3-7,9,12H,8,21H2,1-2H3,(H2,22,23);3-6,8H,2,7H2,1H3,(H2,19,21)(H,20,22);8*1H/t;;12-;;;;;;;;;/m..1........./s1. The Morgan fingerprint density at radius 2 is 1.03 bits per heavy atom. The average Bonchev–Trinajstić information content (AvgIpc) is 0.808. The lowest BCUT2D eigenvalue weighted by Crippen LogP contribution is -2.46. The zero-order valence-electron chi connectivity index (χ0n) is 59.0. The van der Waals surface area contributed by atoms with Crippen LogP contribution in [0.4, 0.5) is 87.6 Å². The second kappa shape index (κ2) is 36.7. The third-order valence-corrected chi connectivity index (χ3v) is 16.3. The Hall–Kier alpha value is -11.5. The molecule has 10 rings (SSSR count). The lowest BCUT2D eigenvalue weighted by Gasteiger charge is -2.35. The molecule has 1 aliphatic heterocycles. The molecule has 23 nitrogen and oxygen atoms in total. The van der Waals surface area contributed by atoms with E-state index in [2.05, 4.69) is 55.8 Å². The van der Waals surface area contributed by atoms with Gasteiger partial charge >= 0.3 is 24.7 Å². The third-order valence-electron chi connectivity index (χ3n) is 16.3. The van der Waals surface area contributed by atoms with Crippen molar-refractivity contribution in [2.45, 2.75) is 90.8 Å². The van der Waals surface area contributed by atoms with Crippen molar-refractivity contribution in [2.75, 3.05) is 79.2 Å². The van der Waals surface area contributed by atoms with Crippen LogP contribution in [0.2, 0.25) is 0 Å². The number of aromatic nitrogens is 8. The topological polar surface area (TPSA) is 353 Å². The van der Waals surface area contributed by atoms with E-state index in [4.69, 9.17) is 32.4 Å². The number of nitrogens with one attached hydrogen (secondary N) is 3. The molecule has 1 aromatic carbocycles. The zero-order chi connectivity index (χ0) is 79.6. The van der Waals surface area contributed by atoms with E-state index in [0.717, 1.165) is 54.1 Å². The van der Waals surface area contributed by atoms with E-state index in [1.165, 1.54) is 85.5 Å². The number of carbonyl (C=O) groups is 4. The highest BCUT2D eigenvalue weighted by Crippen LogP contribution is 2.39. The molecule has 590 valence electrons. The summed E-state index contributed by atoms with van der Waals surface area (Å²) in [5.74, 6) is -2.89. The van der Waals surface area contributed by atoms with Crippen LogP contribution in [0, 0.1) is 18.8 Å². The number of piperazine rings is 1.